The maximum atomic E-state index is 15.1. The Morgan fingerprint density at radius 1 is 0.568 bits per heavy atom. The smallest absolute Gasteiger partial charge is 0.326 e. The van der Waals surface area contributed by atoms with Gasteiger partial charge in [-0.15, -0.1) is 0 Å². The molecule has 4 aliphatic carbocycles. The summed E-state index contributed by atoms with van der Waals surface area (Å²) in [5.41, 5.74) is 4.26. The van der Waals surface area contributed by atoms with E-state index in [2.05, 4.69) is 105 Å². The molecule has 5 nitrogen and oxygen atoms in total. The second-order valence-electron chi connectivity index (χ2n) is 15.6. The highest BCUT2D eigenvalue weighted by Crippen LogP contribution is 2.88. The Bertz CT molecular complexity index is 1560. The first-order chi connectivity index (χ1) is 21.1. The summed E-state index contributed by atoms with van der Waals surface area (Å²) in [4.78, 5) is 32.6. The Hall–Kier alpha value is -3.44. The highest BCUT2D eigenvalue weighted by molar-refractivity contribution is 5.94. The minimum absolute atomic E-state index is 0.0729. The maximum absolute atomic E-state index is 15.1. The fourth-order valence-electron chi connectivity index (χ4n) is 13.3. The zero-order valence-electron chi connectivity index (χ0n) is 26.4. The molecule has 3 aromatic rings. The van der Waals surface area contributed by atoms with Crippen LogP contribution in [0.2, 0.25) is 0 Å². The summed E-state index contributed by atoms with van der Waals surface area (Å²) >= 11 is 0. The van der Waals surface area contributed by atoms with Crippen molar-refractivity contribution in [2.24, 2.45) is 34.5 Å². The van der Waals surface area contributed by atoms with Gasteiger partial charge >= 0.3 is 11.9 Å². The third-order valence-electron chi connectivity index (χ3n) is 13.9. The molecule has 6 aliphatic rings. The van der Waals surface area contributed by atoms with E-state index in [9.17, 15) is 0 Å². The van der Waals surface area contributed by atoms with Crippen molar-refractivity contribution in [2.45, 2.75) is 69.0 Å². The van der Waals surface area contributed by atoms with Gasteiger partial charge in [0.05, 0.1) is 14.2 Å². The lowest BCUT2D eigenvalue weighted by Crippen LogP contribution is -2.61. The van der Waals surface area contributed by atoms with Gasteiger partial charge in [0.15, 0.2) is 0 Å². The van der Waals surface area contributed by atoms with Gasteiger partial charge in [-0.05, 0) is 62.3 Å². The van der Waals surface area contributed by atoms with Gasteiger partial charge in [0, 0.05) is 30.2 Å². The Kier molecular flexibility index (Phi) is 5.03. The van der Waals surface area contributed by atoms with Crippen molar-refractivity contribution >= 4 is 11.9 Å². The molecule has 2 saturated heterocycles. The quantitative estimate of drug-likeness (QED) is 0.320. The first kappa shape index (κ1) is 26.9. The van der Waals surface area contributed by atoms with Crippen LogP contribution >= 0.6 is 0 Å². The van der Waals surface area contributed by atoms with Gasteiger partial charge in [-0.2, -0.15) is 0 Å². The van der Waals surface area contributed by atoms with Crippen molar-refractivity contribution < 1.29 is 19.1 Å². The number of ether oxygens (including phenoxy) is 2. The standard InChI is InChI=1S/C39H41NO4/c1-36(2)26-22-16-10-11-17-23(22)27(36)31-30(26)38(34(41)43-5)32-28-24-18-12-13-19-25(24)29(37(28,3)4)33(32)39(31,35(42)44-6)40(38)20-21-14-8-7-9-15-21/h7-19,26-33H,20H2,1-6H3/t26-,27+,28+,29-,30-,31+,32+,33-,38?,39?. The number of esters is 2. The molecule has 0 N–H and O–H groups in total. The van der Waals surface area contributed by atoms with Gasteiger partial charge in [-0.1, -0.05) is 107 Å². The van der Waals surface area contributed by atoms with Crippen molar-refractivity contribution in [2.75, 3.05) is 14.2 Å². The van der Waals surface area contributed by atoms with Crippen LogP contribution in [0.5, 0.6) is 0 Å². The Morgan fingerprint density at radius 2 is 0.886 bits per heavy atom. The van der Waals surface area contributed by atoms with E-state index >= 15 is 9.59 Å². The second-order valence-corrected chi connectivity index (χ2v) is 15.6. The third kappa shape index (κ3) is 2.53. The molecular weight excluding hydrogens is 546 g/mol. The van der Waals surface area contributed by atoms with Gasteiger partial charge in [-0.25, -0.2) is 0 Å². The zero-order valence-corrected chi connectivity index (χ0v) is 26.4. The molecule has 0 aromatic heterocycles. The van der Waals surface area contributed by atoms with Crippen LogP contribution in [0.3, 0.4) is 0 Å². The molecule has 2 aliphatic heterocycles. The molecule has 4 fully saturated rings. The third-order valence-corrected chi connectivity index (χ3v) is 13.9. The minimum atomic E-state index is -0.984. The lowest BCUT2D eigenvalue weighted by Gasteiger charge is -2.51. The van der Waals surface area contributed by atoms with Crippen LogP contribution in [0.15, 0.2) is 78.9 Å². The van der Waals surface area contributed by atoms with Crippen LogP contribution in [0, 0.1) is 34.5 Å². The molecule has 10 atom stereocenters. The lowest BCUT2D eigenvalue weighted by molar-refractivity contribution is -0.165. The summed E-state index contributed by atoms with van der Waals surface area (Å²) in [5, 5.41) is 0. The molecule has 6 bridgehead atoms. The number of fused-ring (bicyclic) bond motifs is 22. The van der Waals surface area contributed by atoms with Crippen LogP contribution in [0.25, 0.3) is 0 Å². The summed E-state index contributed by atoms with van der Waals surface area (Å²) < 4.78 is 12.0. The van der Waals surface area contributed by atoms with Crippen molar-refractivity contribution in [3.63, 3.8) is 0 Å². The number of carbonyl (C=O) groups excluding carboxylic acids is 2. The molecule has 226 valence electrons. The minimum Gasteiger partial charge on any atom is -0.468 e. The summed E-state index contributed by atoms with van der Waals surface area (Å²) in [6, 6.07) is 28.0. The van der Waals surface area contributed by atoms with Gasteiger partial charge in [0.25, 0.3) is 0 Å². The number of carbonyl (C=O) groups is 2. The van der Waals surface area contributed by atoms with Crippen LogP contribution in [0.1, 0.15) is 79.2 Å². The van der Waals surface area contributed by atoms with Gasteiger partial charge in [-0.3, -0.25) is 14.5 Å². The van der Waals surface area contributed by atoms with Crippen molar-refractivity contribution in [3.05, 3.63) is 107 Å². The molecule has 44 heavy (non-hydrogen) atoms. The Balaban J connectivity index is 1.42. The highest BCUT2D eigenvalue weighted by Gasteiger charge is 2.94. The van der Waals surface area contributed by atoms with Crippen LogP contribution < -0.4 is 0 Å². The average molecular weight is 588 g/mol. The van der Waals surface area contributed by atoms with Gasteiger partial charge < -0.3 is 9.47 Å². The largest absolute Gasteiger partial charge is 0.468 e. The number of hydrogen-bond acceptors (Lipinski definition) is 5. The number of nitrogens with zero attached hydrogens (tertiary/aromatic N) is 1. The summed E-state index contributed by atoms with van der Waals surface area (Å²) in [6.07, 6.45) is 0. The van der Waals surface area contributed by atoms with Crippen molar-refractivity contribution in [1.29, 1.82) is 0 Å². The number of hydrogen-bond donors (Lipinski definition) is 0. The molecule has 2 heterocycles. The maximum Gasteiger partial charge on any atom is 0.326 e. The molecule has 0 amide bonds. The predicted octanol–water partition coefficient (Wildman–Crippen LogP) is 6.65. The average Bonchev–Trinajstić information content (AvgIpc) is 3.73. The SMILES string of the molecule is COC(=O)C12[C@@H]3[C@@H]([C@H]4c5ccccc5[C@@H]3C4(C)C)C(C(=O)OC)([C@@H]3[C@H]1[C@H]1c4ccccc4[C@@H]3C1(C)C)N2Cc1ccccc1. The normalized spacial score (nSPS) is 40.3. The summed E-state index contributed by atoms with van der Waals surface area (Å²) in [7, 11) is 3.10. The summed E-state index contributed by atoms with van der Waals surface area (Å²) in [5.74, 6) is -0.161. The Labute approximate surface area is 259 Å². The van der Waals surface area contributed by atoms with Crippen LogP contribution in [0.4, 0.5) is 0 Å². The van der Waals surface area contributed by atoms with E-state index in [-0.39, 0.29) is 70.1 Å². The van der Waals surface area contributed by atoms with E-state index in [1.165, 1.54) is 22.3 Å². The molecule has 2 saturated carbocycles. The Morgan fingerprint density at radius 3 is 1.20 bits per heavy atom. The van der Waals surface area contributed by atoms with Crippen molar-refractivity contribution in [1.82, 2.24) is 4.90 Å². The molecule has 5 heteroatoms. The second kappa shape index (κ2) is 8.23. The van der Waals surface area contributed by atoms with E-state index in [4.69, 9.17) is 9.47 Å². The van der Waals surface area contributed by atoms with E-state index < -0.39 is 11.1 Å². The molecule has 9 rings (SSSR count). The molecule has 3 aromatic carbocycles. The topological polar surface area (TPSA) is 55.8 Å². The van der Waals surface area contributed by atoms with E-state index in [1.54, 1.807) is 14.2 Å². The lowest BCUT2D eigenvalue weighted by atomic mass is 9.49. The van der Waals surface area contributed by atoms with Gasteiger partial charge in [0.1, 0.15) is 11.1 Å². The first-order valence-corrected chi connectivity index (χ1v) is 16.3. The van der Waals surface area contributed by atoms with Gasteiger partial charge in [0.2, 0.25) is 0 Å². The predicted molar refractivity (Wildman–Crippen MR) is 167 cm³/mol. The van der Waals surface area contributed by atoms with E-state index in [1.807, 2.05) is 6.07 Å². The van der Waals surface area contributed by atoms with Crippen LogP contribution in [-0.2, 0) is 25.6 Å². The molecule has 2 unspecified atom stereocenters. The molecule has 0 radical (unpaired) electrons. The monoisotopic (exact) mass is 587 g/mol. The number of rotatable bonds is 4. The fourth-order valence-corrected chi connectivity index (χ4v) is 13.3. The van der Waals surface area contributed by atoms with Crippen LogP contribution in [-0.4, -0.2) is 42.1 Å². The highest BCUT2D eigenvalue weighted by atomic mass is 16.5. The summed E-state index contributed by atoms with van der Waals surface area (Å²) in [6.45, 7) is 10.0. The van der Waals surface area contributed by atoms with E-state index in [0.29, 0.717) is 6.54 Å². The zero-order chi connectivity index (χ0) is 30.6. The fraction of sp³-hybridized carbons (Fsp3) is 0.487. The first-order valence-electron chi connectivity index (χ1n) is 16.3. The van der Waals surface area contributed by atoms with E-state index in [0.717, 1.165) is 5.56 Å². The number of benzene rings is 3. The number of methoxy groups -OCH3 is 2. The van der Waals surface area contributed by atoms with Crippen molar-refractivity contribution in [3.8, 4) is 0 Å². The molecule has 0 spiro atoms. The molecular formula is C39H41NO4.